The van der Waals surface area contributed by atoms with Gasteiger partial charge in [0.2, 0.25) is 5.91 Å². The SMILES string of the molecule is COC(=O)CCC(=O)N1CCC(c2nc(C(=O)Nc3ccccc3C3CCC(C)CC3)cs2)CC1. The van der Waals surface area contributed by atoms with Gasteiger partial charge >= 0.3 is 5.97 Å². The van der Waals surface area contributed by atoms with Crippen LogP contribution in [0.2, 0.25) is 0 Å². The first-order valence-corrected chi connectivity index (χ1v) is 13.5. The summed E-state index contributed by atoms with van der Waals surface area (Å²) >= 11 is 1.52. The molecule has 4 rings (SSSR count). The second-order valence-electron chi connectivity index (χ2n) is 9.80. The number of amides is 2. The van der Waals surface area contributed by atoms with E-state index in [0.717, 1.165) is 29.5 Å². The van der Waals surface area contributed by atoms with Gasteiger partial charge in [-0.05, 0) is 49.1 Å². The summed E-state index contributed by atoms with van der Waals surface area (Å²) in [4.78, 5) is 43.1. The number of methoxy groups -OCH3 is 1. The standard InChI is InChI=1S/C27H35N3O4S/c1-18-7-9-19(10-8-18)21-5-3-4-6-22(21)28-26(33)23-17-35-27(29-23)20-13-15-30(16-14-20)24(31)11-12-25(32)34-2/h3-6,17-20H,7-16H2,1-2H3,(H,28,33). The first-order chi connectivity index (χ1) is 16.9. The Morgan fingerprint density at radius 3 is 2.46 bits per heavy atom. The summed E-state index contributed by atoms with van der Waals surface area (Å²) < 4.78 is 4.61. The molecular weight excluding hydrogens is 462 g/mol. The fourth-order valence-corrected chi connectivity index (χ4v) is 6.12. The van der Waals surface area contributed by atoms with Gasteiger partial charge in [0.1, 0.15) is 5.69 Å². The van der Waals surface area contributed by atoms with Crippen LogP contribution in [0.25, 0.3) is 0 Å². The van der Waals surface area contributed by atoms with Gasteiger partial charge in [-0.2, -0.15) is 0 Å². The van der Waals surface area contributed by atoms with E-state index in [4.69, 9.17) is 0 Å². The van der Waals surface area contributed by atoms with Crippen LogP contribution in [0.5, 0.6) is 0 Å². The molecule has 2 fully saturated rings. The third kappa shape index (κ3) is 6.48. The first-order valence-electron chi connectivity index (χ1n) is 12.6. The lowest BCUT2D eigenvalue weighted by atomic mass is 9.79. The number of carbonyl (C=O) groups is 3. The van der Waals surface area contributed by atoms with Gasteiger partial charge in [0.25, 0.3) is 5.91 Å². The molecule has 0 radical (unpaired) electrons. The Morgan fingerprint density at radius 2 is 1.74 bits per heavy atom. The number of hydrogen-bond donors (Lipinski definition) is 1. The average Bonchev–Trinajstić information content (AvgIpc) is 3.39. The Kier molecular flexibility index (Phi) is 8.55. The van der Waals surface area contributed by atoms with Crippen LogP contribution in [0.4, 0.5) is 5.69 Å². The predicted molar refractivity (Wildman–Crippen MR) is 137 cm³/mol. The maximum absolute atomic E-state index is 13.0. The third-order valence-corrected chi connectivity index (χ3v) is 8.39. The van der Waals surface area contributed by atoms with Gasteiger partial charge in [-0.25, -0.2) is 4.98 Å². The Morgan fingerprint density at radius 1 is 1.03 bits per heavy atom. The zero-order valence-corrected chi connectivity index (χ0v) is 21.4. The van der Waals surface area contributed by atoms with Gasteiger partial charge in [0, 0.05) is 36.5 Å². The molecule has 2 amide bonds. The molecule has 0 spiro atoms. The monoisotopic (exact) mass is 497 g/mol. The maximum Gasteiger partial charge on any atom is 0.306 e. The van der Waals surface area contributed by atoms with Crippen molar-refractivity contribution in [2.24, 2.45) is 5.92 Å². The number of piperidine rings is 1. The zero-order valence-electron chi connectivity index (χ0n) is 20.6. The normalized spacial score (nSPS) is 20.9. The number of para-hydroxylation sites is 1. The number of nitrogens with zero attached hydrogens (tertiary/aromatic N) is 2. The van der Waals surface area contributed by atoms with Crippen molar-refractivity contribution in [1.29, 1.82) is 0 Å². The van der Waals surface area contributed by atoms with Crippen LogP contribution in [0.15, 0.2) is 29.6 Å². The Hall–Kier alpha value is -2.74. The molecule has 1 aliphatic carbocycles. The molecule has 2 heterocycles. The number of carbonyl (C=O) groups excluding carboxylic acids is 3. The van der Waals surface area contributed by atoms with Crippen LogP contribution in [-0.4, -0.2) is 47.9 Å². The van der Waals surface area contributed by atoms with Gasteiger partial charge in [-0.3, -0.25) is 14.4 Å². The molecular formula is C27H35N3O4S. The smallest absolute Gasteiger partial charge is 0.306 e. The molecule has 1 aromatic carbocycles. The first kappa shape index (κ1) is 25.4. The highest BCUT2D eigenvalue weighted by Gasteiger charge is 2.27. The minimum Gasteiger partial charge on any atom is -0.469 e. The molecule has 0 unspecified atom stereocenters. The van der Waals surface area contributed by atoms with Crippen LogP contribution in [0, 0.1) is 5.92 Å². The van der Waals surface area contributed by atoms with Crippen LogP contribution in [0.1, 0.15) is 91.2 Å². The van der Waals surface area contributed by atoms with Gasteiger partial charge < -0.3 is 15.0 Å². The largest absolute Gasteiger partial charge is 0.469 e. The average molecular weight is 498 g/mol. The van der Waals surface area contributed by atoms with Crippen molar-refractivity contribution in [2.45, 2.75) is 70.1 Å². The van der Waals surface area contributed by atoms with Crippen LogP contribution in [0.3, 0.4) is 0 Å². The van der Waals surface area contributed by atoms with Gasteiger partial charge in [0.05, 0.1) is 18.5 Å². The molecule has 1 saturated carbocycles. The van der Waals surface area contributed by atoms with Crippen molar-refractivity contribution in [2.75, 3.05) is 25.5 Å². The van der Waals surface area contributed by atoms with E-state index in [1.807, 2.05) is 22.4 Å². The van der Waals surface area contributed by atoms with E-state index in [9.17, 15) is 14.4 Å². The number of ether oxygens (including phenoxy) is 1. The Balaban J connectivity index is 1.32. The lowest BCUT2D eigenvalue weighted by Gasteiger charge is -2.31. The number of nitrogens with one attached hydrogen (secondary N) is 1. The number of anilines is 1. The lowest BCUT2D eigenvalue weighted by molar-refractivity contribution is -0.143. The third-order valence-electron chi connectivity index (χ3n) is 7.39. The molecule has 2 aliphatic rings. The van der Waals surface area contributed by atoms with Crippen molar-refractivity contribution in [3.8, 4) is 0 Å². The van der Waals surface area contributed by atoms with Crippen molar-refractivity contribution in [3.05, 3.63) is 45.9 Å². The molecule has 1 saturated heterocycles. The molecule has 0 bridgehead atoms. The molecule has 35 heavy (non-hydrogen) atoms. The molecule has 2 aromatic rings. The Bertz CT molecular complexity index is 1040. The van der Waals surface area contributed by atoms with Gasteiger partial charge in [-0.15, -0.1) is 11.3 Å². The minimum absolute atomic E-state index is 0.0147. The van der Waals surface area contributed by atoms with E-state index in [1.165, 1.54) is 49.7 Å². The van der Waals surface area contributed by atoms with E-state index in [2.05, 4.69) is 34.1 Å². The second-order valence-corrected chi connectivity index (χ2v) is 10.7. The van der Waals surface area contributed by atoms with Gasteiger partial charge in [0.15, 0.2) is 0 Å². The van der Waals surface area contributed by atoms with Crippen molar-refractivity contribution < 1.29 is 19.1 Å². The van der Waals surface area contributed by atoms with Crippen LogP contribution < -0.4 is 5.32 Å². The highest BCUT2D eigenvalue weighted by atomic mass is 32.1. The number of esters is 1. The highest BCUT2D eigenvalue weighted by Crippen LogP contribution is 2.38. The van der Waals surface area contributed by atoms with Crippen LogP contribution >= 0.6 is 11.3 Å². The number of thiazole rings is 1. The van der Waals surface area contributed by atoms with E-state index < -0.39 is 0 Å². The molecule has 8 heteroatoms. The van der Waals surface area contributed by atoms with E-state index >= 15 is 0 Å². The zero-order chi connectivity index (χ0) is 24.8. The van der Waals surface area contributed by atoms with Crippen molar-refractivity contribution in [3.63, 3.8) is 0 Å². The summed E-state index contributed by atoms with van der Waals surface area (Å²) in [7, 11) is 1.33. The van der Waals surface area contributed by atoms with Crippen molar-refractivity contribution in [1.82, 2.24) is 9.88 Å². The molecule has 1 N–H and O–H groups in total. The molecule has 1 aromatic heterocycles. The van der Waals surface area contributed by atoms with E-state index in [1.54, 1.807) is 0 Å². The summed E-state index contributed by atoms with van der Waals surface area (Å²) in [6.07, 6.45) is 6.71. The maximum atomic E-state index is 13.0. The quantitative estimate of drug-likeness (QED) is 0.521. The molecule has 7 nitrogen and oxygen atoms in total. The summed E-state index contributed by atoms with van der Waals surface area (Å²) in [5.41, 5.74) is 2.58. The summed E-state index contributed by atoms with van der Waals surface area (Å²) in [5, 5.41) is 5.90. The number of rotatable bonds is 7. The lowest BCUT2D eigenvalue weighted by Crippen LogP contribution is -2.38. The Labute approximate surface area is 211 Å². The molecule has 0 atom stereocenters. The summed E-state index contributed by atoms with van der Waals surface area (Å²) in [6.45, 7) is 3.59. The van der Waals surface area contributed by atoms with Gasteiger partial charge in [-0.1, -0.05) is 38.0 Å². The highest BCUT2D eigenvalue weighted by molar-refractivity contribution is 7.10. The number of likely N-dealkylation sites (tertiary alicyclic amines) is 1. The van der Waals surface area contributed by atoms with E-state index in [-0.39, 0.29) is 36.5 Å². The number of benzene rings is 1. The number of hydrogen-bond acceptors (Lipinski definition) is 6. The molecule has 1 aliphatic heterocycles. The summed E-state index contributed by atoms with van der Waals surface area (Å²) in [6, 6.07) is 8.16. The van der Waals surface area contributed by atoms with E-state index in [0.29, 0.717) is 24.7 Å². The second kappa shape index (κ2) is 11.8. The summed E-state index contributed by atoms with van der Waals surface area (Å²) in [5.74, 6) is 0.972. The number of aromatic nitrogens is 1. The predicted octanol–water partition coefficient (Wildman–Crippen LogP) is 5.35. The molecule has 188 valence electrons. The topological polar surface area (TPSA) is 88.6 Å². The van der Waals surface area contributed by atoms with Crippen molar-refractivity contribution >= 4 is 34.8 Å². The van der Waals surface area contributed by atoms with Crippen LogP contribution in [-0.2, 0) is 14.3 Å². The fraction of sp³-hybridized carbons (Fsp3) is 0.556. The fourth-order valence-electron chi connectivity index (χ4n) is 5.15. The minimum atomic E-state index is -0.363.